The smallest absolute Gasteiger partial charge is 0.231 e. The third kappa shape index (κ3) is 4.57. The Labute approximate surface area is 183 Å². The molecule has 0 atom stereocenters. The molecule has 0 saturated heterocycles. The molecule has 0 aromatic carbocycles. The van der Waals surface area contributed by atoms with Crippen LogP contribution >= 0.6 is 11.6 Å². The van der Waals surface area contributed by atoms with E-state index in [0.29, 0.717) is 38.8 Å². The van der Waals surface area contributed by atoms with Crippen LogP contribution in [-0.4, -0.2) is 44.8 Å². The summed E-state index contributed by atoms with van der Waals surface area (Å²) in [5.41, 5.74) is 1.97. The maximum absolute atomic E-state index is 11.5. The lowest BCUT2D eigenvalue weighted by Gasteiger charge is -2.26. The fourth-order valence-corrected chi connectivity index (χ4v) is 3.91. The summed E-state index contributed by atoms with van der Waals surface area (Å²) in [5.74, 6) is 0.590. The Morgan fingerprint density at radius 1 is 1.06 bits per heavy atom. The van der Waals surface area contributed by atoms with Crippen molar-refractivity contribution in [1.82, 2.24) is 30.1 Å². The van der Waals surface area contributed by atoms with Gasteiger partial charge < -0.3 is 5.32 Å². The quantitative estimate of drug-likeness (QED) is 0.400. The van der Waals surface area contributed by atoms with Crippen molar-refractivity contribution in [1.29, 1.82) is 0 Å². The van der Waals surface area contributed by atoms with Crippen molar-refractivity contribution < 1.29 is 8.42 Å². The molecule has 4 heterocycles. The molecule has 31 heavy (non-hydrogen) atoms. The molecule has 0 fully saturated rings. The zero-order valence-corrected chi connectivity index (χ0v) is 18.5. The van der Waals surface area contributed by atoms with Crippen molar-refractivity contribution in [2.45, 2.75) is 19.4 Å². The Hall–Kier alpha value is -3.31. The Morgan fingerprint density at radius 2 is 1.77 bits per heavy atom. The monoisotopic (exact) mass is 458 g/mol. The van der Waals surface area contributed by atoms with Gasteiger partial charge in [0.15, 0.2) is 11.5 Å². The number of hydrogen-bond acceptors (Lipinski definition) is 8. The minimum absolute atomic E-state index is 0.181. The SMILES string of the molecule is CC(C)(Nc1ncc(-c2cnc3[nH]nc(NS(C)(=O)=O)c3c2)cn1)c1ncccc1Cl. The Bertz CT molecular complexity index is 1350. The van der Waals surface area contributed by atoms with E-state index in [1.54, 1.807) is 43.0 Å². The van der Waals surface area contributed by atoms with Gasteiger partial charge in [-0.1, -0.05) is 11.6 Å². The number of nitrogens with one attached hydrogen (secondary N) is 3. The molecule has 4 aromatic heterocycles. The first-order valence-electron chi connectivity index (χ1n) is 9.16. The van der Waals surface area contributed by atoms with Crippen molar-refractivity contribution >= 4 is 44.4 Å². The van der Waals surface area contributed by atoms with E-state index >= 15 is 0 Å². The maximum atomic E-state index is 11.5. The molecular formula is C19H19ClN8O2S. The van der Waals surface area contributed by atoms with Crippen LogP contribution in [0.2, 0.25) is 5.02 Å². The number of H-pyrrole nitrogens is 1. The summed E-state index contributed by atoms with van der Waals surface area (Å²) in [6.45, 7) is 3.87. The average Bonchev–Trinajstić information content (AvgIpc) is 3.09. The molecule has 0 saturated carbocycles. The molecule has 0 aliphatic carbocycles. The highest BCUT2D eigenvalue weighted by Gasteiger charge is 2.25. The van der Waals surface area contributed by atoms with Crippen molar-refractivity contribution in [3.05, 3.63) is 53.7 Å². The second kappa shape index (κ2) is 7.75. The summed E-state index contributed by atoms with van der Waals surface area (Å²) in [6, 6.07) is 5.32. The fourth-order valence-electron chi connectivity index (χ4n) is 3.04. The molecule has 0 amide bonds. The van der Waals surface area contributed by atoms with Crippen LogP contribution in [0.15, 0.2) is 43.0 Å². The molecule has 0 radical (unpaired) electrons. The van der Waals surface area contributed by atoms with Crippen molar-refractivity contribution in [3.8, 4) is 11.1 Å². The zero-order valence-electron chi connectivity index (χ0n) is 16.9. The van der Waals surface area contributed by atoms with E-state index in [1.807, 2.05) is 13.8 Å². The first kappa shape index (κ1) is 20.9. The van der Waals surface area contributed by atoms with Crippen molar-refractivity contribution in [3.63, 3.8) is 0 Å². The molecule has 0 aliphatic rings. The minimum Gasteiger partial charge on any atom is -0.344 e. The van der Waals surface area contributed by atoms with Gasteiger partial charge in [0.05, 0.1) is 27.9 Å². The molecule has 4 rings (SSSR count). The average molecular weight is 459 g/mol. The third-order valence-electron chi connectivity index (χ3n) is 4.46. The van der Waals surface area contributed by atoms with Gasteiger partial charge in [-0.3, -0.25) is 14.8 Å². The van der Waals surface area contributed by atoms with Crippen LogP contribution < -0.4 is 10.0 Å². The number of pyridine rings is 2. The highest BCUT2D eigenvalue weighted by molar-refractivity contribution is 7.92. The van der Waals surface area contributed by atoms with E-state index in [1.165, 1.54) is 0 Å². The molecule has 0 unspecified atom stereocenters. The minimum atomic E-state index is -3.47. The summed E-state index contributed by atoms with van der Waals surface area (Å²) in [5, 5.41) is 11.0. The van der Waals surface area contributed by atoms with Gasteiger partial charge in [0.25, 0.3) is 0 Å². The number of nitrogens with zero attached hydrogens (tertiary/aromatic N) is 5. The van der Waals surface area contributed by atoms with Gasteiger partial charge in [-0.05, 0) is 32.0 Å². The Morgan fingerprint density at radius 3 is 2.45 bits per heavy atom. The van der Waals surface area contributed by atoms with E-state index in [0.717, 1.165) is 6.26 Å². The second-order valence-electron chi connectivity index (χ2n) is 7.45. The van der Waals surface area contributed by atoms with E-state index in [4.69, 9.17) is 11.6 Å². The largest absolute Gasteiger partial charge is 0.344 e. The van der Waals surface area contributed by atoms with Crippen LogP contribution in [0.1, 0.15) is 19.5 Å². The zero-order chi connectivity index (χ0) is 22.2. The van der Waals surface area contributed by atoms with Gasteiger partial charge >= 0.3 is 0 Å². The van der Waals surface area contributed by atoms with E-state index in [-0.39, 0.29) is 5.82 Å². The number of sulfonamides is 1. The third-order valence-corrected chi connectivity index (χ3v) is 5.33. The lowest BCUT2D eigenvalue weighted by atomic mass is 10.00. The molecule has 0 spiro atoms. The first-order valence-corrected chi connectivity index (χ1v) is 11.4. The maximum Gasteiger partial charge on any atom is 0.231 e. The van der Waals surface area contributed by atoms with Crippen LogP contribution in [0.5, 0.6) is 0 Å². The number of fused-ring (bicyclic) bond motifs is 1. The predicted octanol–water partition coefficient (Wildman–Crippen LogP) is 3.18. The van der Waals surface area contributed by atoms with E-state index < -0.39 is 15.6 Å². The number of aromatic amines is 1. The lowest BCUT2D eigenvalue weighted by Crippen LogP contribution is -2.30. The van der Waals surface area contributed by atoms with Gasteiger partial charge in [0.1, 0.15) is 0 Å². The highest BCUT2D eigenvalue weighted by atomic mass is 35.5. The number of anilines is 2. The number of rotatable bonds is 6. The van der Waals surface area contributed by atoms with Gasteiger partial charge in [-0.15, -0.1) is 0 Å². The van der Waals surface area contributed by atoms with Crippen molar-refractivity contribution in [2.24, 2.45) is 0 Å². The Kier molecular flexibility index (Phi) is 5.23. The predicted molar refractivity (Wildman–Crippen MR) is 119 cm³/mol. The highest BCUT2D eigenvalue weighted by Crippen LogP contribution is 2.29. The molecular weight excluding hydrogens is 440 g/mol. The summed E-state index contributed by atoms with van der Waals surface area (Å²) in [4.78, 5) is 17.4. The number of aromatic nitrogens is 6. The molecule has 4 aromatic rings. The van der Waals surface area contributed by atoms with E-state index in [2.05, 4.69) is 40.2 Å². The van der Waals surface area contributed by atoms with Crippen LogP contribution in [0, 0.1) is 0 Å². The topological polar surface area (TPSA) is 138 Å². The molecule has 0 bridgehead atoms. The van der Waals surface area contributed by atoms with Gasteiger partial charge in [-0.2, -0.15) is 5.10 Å². The molecule has 10 nitrogen and oxygen atoms in total. The fraction of sp³-hybridized carbons (Fsp3) is 0.211. The number of halogens is 1. The standard InChI is InChI=1S/C19H19ClN8O2S/c1-19(2,15-14(20)5-4-6-21-15)25-18-23-9-12(10-24-18)11-7-13-16(22-8-11)26-27-17(13)28-31(3,29)30/h4-10H,1-3H3,(H,23,24,25)(H2,22,26,27,28). The second-order valence-corrected chi connectivity index (χ2v) is 9.60. The molecule has 0 aliphatic heterocycles. The van der Waals surface area contributed by atoms with Gasteiger partial charge in [0.2, 0.25) is 16.0 Å². The van der Waals surface area contributed by atoms with Crippen LogP contribution in [0.3, 0.4) is 0 Å². The summed E-state index contributed by atoms with van der Waals surface area (Å²) in [6.07, 6.45) is 7.68. The van der Waals surface area contributed by atoms with Crippen molar-refractivity contribution in [2.75, 3.05) is 16.3 Å². The normalized spacial score (nSPS) is 12.1. The molecule has 3 N–H and O–H groups in total. The Balaban J connectivity index is 1.60. The van der Waals surface area contributed by atoms with E-state index in [9.17, 15) is 8.42 Å². The van der Waals surface area contributed by atoms with Gasteiger partial charge in [0, 0.05) is 35.9 Å². The van der Waals surface area contributed by atoms with Gasteiger partial charge in [-0.25, -0.2) is 23.4 Å². The van der Waals surface area contributed by atoms with Crippen LogP contribution in [0.4, 0.5) is 11.8 Å². The van der Waals surface area contributed by atoms with Crippen LogP contribution in [-0.2, 0) is 15.6 Å². The summed E-state index contributed by atoms with van der Waals surface area (Å²) in [7, 11) is -3.47. The molecule has 12 heteroatoms. The lowest BCUT2D eigenvalue weighted by molar-refractivity contribution is 0.581. The summed E-state index contributed by atoms with van der Waals surface area (Å²) >= 11 is 6.27. The van der Waals surface area contributed by atoms with Crippen LogP contribution in [0.25, 0.3) is 22.2 Å². The molecule has 160 valence electrons. The first-order chi connectivity index (χ1) is 14.6. The summed E-state index contributed by atoms with van der Waals surface area (Å²) < 4.78 is 25.5. The number of hydrogen-bond donors (Lipinski definition) is 3.